The lowest BCUT2D eigenvalue weighted by Crippen LogP contribution is -2.05. The number of imidazole rings is 1. The maximum Gasteiger partial charge on any atom is 0.219 e. The number of pyridine rings is 2. The molecule has 5 heteroatoms. The molecule has 0 radical (unpaired) electrons. The third-order valence-corrected chi connectivity index (χ3v) is 7.15. The third-order valence-electron chi connectivity index (χ3n) is 7.15. The van der Waals surface area contributed by atoms with Crippen LogP contribution in [0.2, 0.25) is 0 Å². The minimum absolute atomic E-state index is 0.338. The first-order chi connectivity index (χ1) is 19.5. The second-order valence-corrected chi connectivity index (χ2v) is 10.6. The predicted molar refractivity (Wildman–Crippen MR) is 162 cm³/mol. The molecule has 0 aliphatic heterocycles. The van der Waals surface area contributed by atoms with Crippen molar-refractivity contribution in [2.45, 2.75) is 39.5 Å². The third kappa shape index (κ3) is 4.87. The zero-order valence-corrected chi connectivity index (χ0v) is 23.2. The number of ether oxygens (including phenoxy) is 1. The van der Waals surface area contributed by atoms with Crippen molar-refractivity contribution in [3.8, 4) is 40.0 Å². The van der Waals surface area contributed by atoms with Crippen molar-refractivity contribution >= 4 is 11.0 Å². The van der Waals surface area contributed by atoms with Crippen molar-refractivity contribution < 1.29 is 4.74 Å². The van der Waals surface area contributed by atoms with E-state index in [4.69, 9.17) is 9.72 Å². The fourth-order valence-corrected chi connectivity index (χ4v) is 5.22. The zero-order valence-electron chi connectivity index (χ0n) is 23.2. The van der Waals surface area contributed by atoms with E-state index < -0.39 is 0 Å². The smallest absolute Gasteiger partial charge is 0.219 e. The highest BCUT2D eigenvalue weighted by atomic mass is 16.5. The minimum atomic E-state index is 0.338. The highest BCUT2D eigenvalue weighted by Gasteiger charge is 2.23. The first kappa shape index (κ1) is 25.5. The second-order valence-electron chi connectivity index (χ2n) is 10.6. The maximum absolute atomic E-state index is 6.15. The molecule has 0 aliphatic carbocycles. The van der Waals surface area contributed by atoms with Crippen LogP contribution in [-0.2, 0) is 0 Å². The molecule has 3 aromatic heterocycles. The summed E-state index contributed by atoms with van der Waals surface area (Å²) >= 11 is 0. The van der Waals surface area contributed by atoms with E-state index in [1.54, 1.807) is 6.20 Å². The maximum atomic E-state index is 6.15. The van der Waals surface area contributed by atoms with Crippen LogP contribution in [0, 0.1) is 0 Å². The fraction of sp³-hybridized carbons (Fsp3) is 0.171. The van der Waals surface area contributed by atoms with E-state index in [9.17, 15) is 0 Å². The molecule has 0 aliphatic rings. The Balaban J connectivity index is 1.63. The van der Waals surface area contributed by atoms with E-state index in [1.807, 2.05) is 54.7 Å². The van der Waals surface area contributed by atoms with Gasteiger partial charge in [0, 0.05) is 41.3 Å². The summed E-state index contributed by atoms with van der Waals surface area (Å²) in [6.07, 6.45) is 3.56. The van der Waals surface area contributed by atoms with Crippen molar-refractivity contribution in [1.29, 1.82) is 0 Å². The Morgan fingerprint density at radius 3 is 2.08 bits per heavy atom. The summed E-state index contributed by atoms with van der Waals surface area (Å²) in [5.41, 5.74) is 8.63. The number of hydrogen-bond donors (Lipinski definition) is 0. The topological polar surface area (TPSA) is 52.8 Å². The highest BCUT2D eigenvalue weighted by molar-refractivity contribution is 5.86. The second kappa shape index (κ2) is 10.8. The molecule has 3 aromatic carbocycles. The molecular weight excluding hydrogens is 492 g/mol. The average molecular weight is 525 g/mol. The number of fused-ring (bicyclic) bond motifs is 1. The van der Waals surface area contributed by atoms with Crippen LogP contribution in [0.15, 0.2) is 109 Å². The van der Waals surface area contributed by atoms with Gasteiger partial charge in [0.2, 0.25) is 5.88 Å². The van der Waals surface area contributed by atoms with E-state index in [1.165, 1.54) is 16.7 Å². The van der Waals surface area contributed by atoms with Crippen LogP contribution in [0.1, 0.15) is 50.7 Å². The molecule has 0 spiro atoms. The van der Waals surface area contributed by atoms with Gasteiger partial charge in [0.1, 0.15) is 11.6 Å². The molecule has 0 saturated heterocycles. The summed E-state index contributed by atoms with van der Waals surface area (Å²) in [6.45, 7) is 8.99. The summed E-state index contributed by atoms with van der Waals surface area (Å²) in [5.74, 6) is 2.87. The molecule has 6 rings (SSSR count). The van der Waals surface area contributed by atoms with Crippen molar-refractivity contribution in [3.05, 3.63) is 121 Å². The summed E-state index contributed by atoms with van der Waals surface area (Å²) in [7, 11) is 0. The van der Waals surface area contributed by atoms with E-state index in [2.05, 4.69) is 90.8 Å². The van der Waals surface area contributed by atoms with Crippen LogP contribution in [0.5, 0.6) is 11.6 Å². The van der Waals surface area contributed by atoms with Gasteiger partial charge in [-0.1, -0.05) is 70.2 Å². The normalized spacial score (nSPS) is 11.4. The fourth-order valence-electron chi connectivity index (χ4n) is 5.22. The molecule has 0 atom stereocenters. The Bertz CT molecular complexity index is 1750. The first-order valence-corrected chi connectivity index (χ1v) is 13.8. The first-order valence-electron chi connectivity index (χ1n) is 13.8. The van der Waals surface area contributed by atoms with Gasteiger partial charge >= 0.3 is 0 Å². The Morgan fingerprint density at radius 1 is 0.675 bits per heavy atom. The van der Waals surface area contributed by atoms with E-state index in [0.717, 1.165) is 33.8 Å². The lowest BCUT2D eigenvalue weighted by molar-refractivity contribution is 0.463. The van der Waals surface area contributed by atoms with Gasteiger partial charge in [0.15, 0.2) is 0 Å². The van der Waals surface area contributed by atoms with Crippen molar-refractivity contribution in [1.82, 2.24) is 19.5 Å². The van der Waals surface area contributed by atoms with Gasteiger partial charge in [-0.2, -0.15) is 0 Å². The number of rotatable bonds is 7. The average Bonchev–Trinajstić information content (AvgIpc) is 3.36. The lowest BCUT2D eigenvalue weighted by Gasteiger charge is -2.21. The van der Waals surface area contributed by atoms with Gasteiger partial charge in [-0.3, -0.25) is 9.55 Å². The number of nitrogens with zero attached hydrogens (tertiary/aromatic N) is 4. The molecule has 0 fully saturated rings. The Hall–Kier alpha value is -4.77. The van der Waals surface area contributed by atoms with Gasteiger partial charge in [0.05, 0.1) is 16.7 Å². The Labute approximate surface area is 235 Å². The van der Waals surface area contributed by atoms with Crippen LogP contribution in [0.25, 0.3) is 39.4 Å². The summed E-state index contributed by atoms with van der Waals surface area (Å²) in [4.78, 5) is 14.2. The van der Waals surface area contributed by atoms with Crippen LogP contribution in [-0.4, -0.2) is 19.5 Å². The van der Waals surface area contributed by atoms with Gasteiger partial charge in [-0.15, -0.1) is 0 Å². The summed E-state index contributed by atoms with van der Waals surface area (Å²) in [6, 6.07) is 32.8. The molecule has 0 amide bonds. The number of aromatic nitrogens is 4. The molecule has 3 heterocycles. The van der Waals surface area contributed by atoms with Crippen molar-refractivity contribution in [3.63, 3.8) is 0 Å². The number of benzene rings is 3. The predicted octanol–water partition coefficient (Wildman–Crippen LogP) is 9.19. The van der Waals surface area contributed by atoms with Crippen LogP contribution >= 0.6 is 0 Å². The molecule has 0 N–H and O–H groups in total. The molecule has 6 aromatic rings. The van der Waals surface area contributed by atoms with Crippen molar-refractivity contribution in [2.75, 3.05) is 0 Å². The standard InChI is InChI=1S/C35H32N4O/c1-23(2)28-13-10-14-29(24(3)4)34(28)35-38-31-18-17-27(40-33-16-6-8-20-37-33)22-32(31)39(35)26-12-9-11-25(21-26)30-15-5-7-19-36-30/h5-24H,1-4H3. The molecule has 0 bridgehead atoms. The van der Waals surface area contributed by atoms with Gasteiger partial charge in [0.25, 0.3) is 0 Å². The number of hydrogen-bond acceptors (Lipinski definition) is 4. The molecule has 198 valence electrons. The highest BCUT2D eigenvalue weighted by Crippen LogP contribution is 2.39. The largest absolute Gasteiger partial charge is 0.439 e. The zero-order chi connectivity index (χ0) is 27.6. The summed E-state index contributed by atoms with van der Waals surface area (Å²) in [5, 5.41) is 0. The Morgan fingerprint density at radius 2 is 1.40 bits per heavy atom. The van der Waals surface area contributed by atoms with E-state index in [0.29, 0.717) is 23.5 Å². The van der Waals surface area contributed by atoms with E-state index >= 15 is 0 Å². The summed E-state index contributed by atoms with van der Waals surface area (Å²) < 4.78 is 8.41. The van der Waals surface area contributed by atoms with Crippen LogP contribution in [0.4, 0.5) is 0 Å². The minimum Gasteiger partial charge on any atom is -0.439 e. The van der Waals surface area contributed by atoms with Gasteiger partial charge < -0.3 is 4.74 Å². The van der Waals surface area contributed by atoms with Crippen LogP contribution in [0.3, 0.4) is 0 Å². The van der Waals surface area contributed by atoms with E-state index in [-0.39, 0.29) is 0 Å². The molecule has 0 unspecified atom stereocenters. The monoisotopic (exact) mass is 524 g/mol. The molecule has 0 saturated carbocycles. The molecule has 5 nitrogen and oxygen atoms in total. The Kier molecular flexibility index (Phi) is 6.87. The van der Waals surface area contributed by atoms with Crippen LogP contribution < -0.4 is 4.74 Å². The molecular formula is C35H32N4O. The van der Waals surface area contributed by atoms with Gasteiger partial charge in [-0.25, -0.2) is 9.97 Å². The SMILES string of the molecule is CC(C)c1cccc(C(C)C)c1-c1nc2ccc(Oc3ccccn3)cc2n1-c1cccc(-c2ccccn2)c1. The lowest BCUT2D eigenvalue weighted by atomic mass is 9.88. The van der Waals surface area contributed by atoms with Crippen molar-refractivity contribution in [2.24, 2.45) is 0 Å². The quantitative estimate of drug-likeness (QED) is 0.209. The van der Waals surface area contributed by atoms with Gasteiger partial charge in [-0.05, 0) is 65.4 Å². The molecule has 40 heavy (non-hydrogen) atoms.